The van der Waals surface area contributed by atoms with Gasteiger partial charge in [0, 0.05) is 21.8 Å². The SMILES string of the molecule is Cc1c(O)c2c(oc1=O)-c1ccccc1SC2. The molecule has 0 fully saturated rings. The zero-order valence-corrected chi connectivity index (χ0v) is 10.0. The molecule has 0 bridgehead atoms. The molecular weight excluding hydrogens is 236 g/mol. The second-order valence-corrected chi connectivity index (χ2v) is 4.97. The van der Waals surface area contributed by atoms with E-state index in [4.69, 9.17) is 4.42 Å². The van der Waals surface area contributed by atoms with Crippen LogP contribution in [0.15, 0.2) is 38.4 Å². The second-order valence-electron chi connectivity index (χ2n) is 3.96. The van der Waals surface area contributed by atoms with Gasteiger partial charge in [0.2, 0.25) is 0 Å². The van der Waals surface area contributed by atoms with Gasteiger partial charge in [-0.3, -0.25) is 0 Å². The second kappa shape index (κ2) is 3.67. The summed E-state index contributed by atoms with van der Waals surface area (Å²) in [6.45, 7) is 1.58. The Labute approximate surface area is 102 Å². The van der Waals surface area contributed by atoms with Crippen LogP contribution in [0.25, 0.3) is 11.3 Å². The molecule has 3 nitrogen and oxygen atoms in total. The highest BCUT2D eigenvalue weighted by molar-refractivity contribution is 7.98. The van der Waals surface area contributed by atoms with Gasteiger partial charge in [0.05, 0.1) is 5.56 Å². The maximum atomic E-state index is 11.6. The van der Waals surface area contributed by atoms with E-state index in [1.54, 1.807) is 18.7 Å². The van der Waals surface area contributed by atoms with Gasteiger partial charge >= 0.3 is 5.63 Å². The van der Waals surface area contributed by atoms with Gasteiger partial charge in [-0.15, -0.1) is 11.8 Å². The molecule has 86 valence electrons. The molecule has 0 unspecified atom stereocenters. The fourth-order valence-electron chi connectivity index (χ4n) is 1.94. The van der Waals surface area contributed by atoms with Crippen LogP contribution in [-0.2, 0) is 5.75 Å². The van der Waals surface area contributed by atoms with Crippen molar-refractivity contribution < 1.29 is 9.52 Å². The van der Waals surface area contributed by atoms with Crippen molar-refractivity contribution in [1.82, 2.24) is 0 Å². The van der Waals surface area contributed by atoms with Crippen LogP contribution in [0.1, 0.15) is 11.1 Å². The number of hydrogen-bond acceptors (Lipinski definition) is 4. The minimum Gasteiger partial charge on any atom is -0.507 e. The van der Waals surface area contributed by atoms with Crippen molar-refractivity contribution in [3.8, 4) is 17.1 Å². The summed E-state index contributed by atoms with van der Waals surface area (Å²) in [5.41, 5.74) is 1.41. The molecule has 1 aromatic carbocycles. The van der Waals surface area contributed by atoms with Crippen molar-refractivity contribution in [2.75, 3.05) is 0 Å². The molecular formula is C13H10O3S. The normalized spacial score (nSPS) is 13.0. The van der Waals surface area contributed by atoms with E-state index in [0.717, 1.165) is 10.5 Å². The number of fused-ring (bicyclic) bond motifs is 3. The first-order valence-electron chi connectivity index (χ1n) is 5.26. The lowest BCUT2D eigenvalue weighted by molar-refractivity contribution is 0.438. The summed E-state index contributed by atoms with van der Waals surface area (Å²) < 4.78 is 5.31. The van der Waals surface area contributed by atoms with Crippen molar-refractivity contribution in [3.05, 3.63) is 45.8 Å². The van der Waals surface area contributed by atoms with Crippen LogP contribution >= 0.6 is 11.8 Å². The van der Waals surface area contributed by atoms with Crippen LogP contribution in [-0.4, -0.2) is 5.11 Å². The number of thioether (sulfide) groups is 1. The molecule has 17 heavy (non-hydrogen) atoms. The molecule has 1 aromatic heterocycles. The van der Waals surface area contributed by atoms with Gasteiger partial charge in [0.15, 0.2) is 0 Å². The highest BCUT2D eigenvalue weighted by Crippen LogP contribution is 2.44. The zero-order valence-electron chi connectivity index (χ0n) is 9.19. The quantitative estimate of drug-likeness (QED) is 0.776. The summed E-state index contributed by atoms with van der Waals surface area (Å²) in [5, 5.41) is 9.98. The van der Waals surface area contributed by atoms with Crippen molar-refractivity contribution in [2.45, 2.75) is 17.6 Å². The van der Waals surface area contributed by atoms with E-state index in [1.807, 2.05) is 24.3 Å². The number of benzene rings is 1. The Morgan fingerprint density at radius 2 is 2.12 bits per heavy atom. The Morgan fingerprint density at radius 3 is 2.94 bits per heavy atom. The van der Waals surface area contributed by atoms with E-state index in [1.165, 1.54) is 0 Å². The topological polar surface area (TPSA) is 50.4 Å². The first-order valence-corrected chi connectivity index (χ1v) is 6.25. The molecule has 1 aliphatic rings. The van der Waals surface area contributed by atoms with E-state index >= 15 is 0 Å². The summed E-state index contributed by atoms with van der Waals surface area (Å²) in [6, 6.07) is 7.73. The van der Waals surface area contributed by atoms with Crippen molar-refractivity contribution in [2.24, 2.45) is 0 Å². The highest BCUT2D eigenvalue weighted by atomic mass is 32.2. The Hall–Kier alpha value is -1.68. The lowest BCUT2D eigenvalue weighted by Crippen LogP contribution is -2.09. The highest BCUT2D eigenvalue weighted by Gasteiger charge is 2.24. The summed E-state index contributed by atoms with van der Waals surface area (Å²) in [5.74, 6) is 1.20. The fraction of sp³-hybridized carbons (Fsp3) is 0.154. The van der Waals surface area contributed by atoms with Gasteiger partial charge in [0.1, 0.15) is 11.5 Å². The standard InChI is InChI=1S/C13H10O3S/c1-7-11(14)9-6-17-10-5-3-2-4-8(10)12(9)16-13(7)15/h2-5,14H,6H2,1H3. The number of aromatic hydroxyl groups is 1. The Kier molecular flexibility index (Phi) is 2.26. The lowest BCUT2D eigenvalue weighted by atomic mass is 10.1. The number of rotatable bonds is 0. The van der Waals surface area contributed by atoms with Crippen LogP contribution in [0.5, 0.6) is 5.75 Å². The molecule has 2 aromatic rings. The first-order chi connectivity index (χ1) is 8.18. The maximum Gasteiger partial charge on any atom is 0.342 e. The molecule has 0 aliphatic carbocycles. The van der Waals surface area contributed by atoms with Gasteiger partial charge in [-0.1, -0.05) is 18.2 Å². The molecule has 4 heteroatoms. The van der Waals surface area contributed by atoms with Crippen molar-refractivity contribution in [3.63, 3.8) is 0 Å². The van der Waals surface area contributed by atoms with E-state index < -0.39 is 5.63 Å². The van der Waals surface area contributed by atoms with Crippen molar-refractivity contribution >= 4 is 11.8 Å². The molecule has 0 saturated heterocycles. The van der Waals surface area contributed by atoms with E-state index in [0.29, 0.717) is 17.1 Å². The van der Waals surface area contributed by atoms with Crippen LogP contribution < -0.4 is 5.63 Å². The summed E-state index contributed by atoms with van der Waals surface area (Å²) in [4.78, 5) is 12.7. The van der Waals surface area contributed by atoms with Crippen LogP contribution in [0.2, 0.25) is 0 Å². The largest absolute Gasteiger partial charge is 0.507 e. The monoisotopic (exact) mass is 246 g/mol. The number of hydrogen-bond donors (Lipinski definition) is 1. The molecule has 0 spiro atoms. The Bertz CT molecular complexity index is 658. The van der Waals surface area contributed by atoms with E-state index in [9.17, 15) is 9.90 Å². The molecule has 0 saturated carbocycles. The van der Waals surface area contributed by atoms with Crippen LogP contribution in [0, 0.1) is 6.92 Å². The average Bonchev–Trinajstić information content (AvgIpc) is 2.36. The third-order valence-corrected chi connectivity index (χ3v) is 4.02. The molecule has 3 rings (SSSR count). The van der Waals surface area contributed by atoms with Crippen molar-refractivity contribution in [1.29, 1.82) is 0 Å². The molecule has 0 atom stereocenters. The third kappa shape index (κ3) is 1.48. The molecule has 1 aliphatic heterocycles. The van der Waals surface area contributed by atoms with E-state index in [2.05, 4.69) is 0 Å². The molecule has 2 heterocycles. The Morgan fingerprint density at radius 1 is 1.35 bits per heavy atom. The molecule has 0 radical (unpaired) electrons. The summed E-state index contributed by atoms with van der Waals surface area (Å²) >= 11 is 1.64. The van der Waals surface area contributed by atoms with Gasteiger partial charge in [-0.2, -0.15) is 0 Å². The smallest absolute Gasteiger partial charge is 0.342 e. The van der Waals surface area contributed by atoms with Gasteiger partial charge in [0.25, 0.3) is 0 Å². The predicted molar refractivity (Wildman–Crippen MR) is 66.4 cm³/mol. The predicted octanol–water partition coefficient (Wildman–Crippen LogP) is 2.93. The summed E-state index contributed by atoms with van der Waals surface area (Å²) in [6.07, 6.45) is 0. The molecule has 1 N–H and O–H groups in total. The van der Waals surface area contributed by atoms with Crippen LogP contribution in [0.3, 0.4) is 0 Å². The van der Waals surface area contributed by atoms with Gasteiger partial charge in [-0.05, 0) is 13.0 Å². The lowest BCUT2D eigenvalue weighted by Gasteiger charge is -2.18. The average molecular weight is 246 g/mol. The zero-order chi connectivity index (χ0) is 12.0. The third-order valence-electron chi connectivity index (χ3n) is 2.92. The van der Waals surface area contributed by atoms with Gasteiger partial charge < -0.3 is 9.52 Å². The first kappa shape index (κ1) is 10.5. The minimum absolute atomic E-state index is 0.0678. The van der Waals surface area contributed by atoms with E-state index in [-0.39, 0.29) is 11.3 Å². The Balaban J connectivity index is 2.37. The summed E-state index contributed by atoms with van der Waals surface area (Å²) in [7, 11) is 0. The molecule has 0 amide bonds. The fourth-order valence-corrected chi connectivity index (χ4v) is 3.00. The van der Waals surface area contributed by atoms with Crippen LogP contribution in [0.4, 0.5) is 0 Å². The van der Waals surface area contributed by atoms with Gasteiger partial charge in [-0.25, -0.2) is 4.79 Å². The minimum atomic E-state index is -0.469. The maximum absolute atomic E-state index is 11.6.